The molecule has 2 aliphatic rings. The van der Waals surface area contributed by atoms with E-state index in [0.717, 1.165) is 52.2 Å². The van der Waals surface area contributed by atoms with E-state index < -0.39 is 0 Å². The maximum atomic E-state index is 11.9. The third-order valence-electron chi connectivity index (χ3n) is 4.73. The van der Waals surface area contributed by atoms with Crippen molar-refractivity contribution in [1.82, 2.24) is 20.9 Å². The minimum Gasteiger partial charge on any atom is -0.379 e. The molecule has 1 heterocycles. The second-order valence-electron chi connectivity index (χ2n) is 7.05. The molecule has 1 aromatic rings. The van der Waals surface area contributed by atoms with Gasteiger partial charge in [-0.3, -0.25) is 9.69 Å². The van der Waals surface area contributed by atoms with Crippen LogP contribution in [0.1, 0.15) is 30.9 Å². The van der Waals surface area contributed by atoms with Gasteiger partial charge in [-0.15, -0.1) is 24.0 Å². The van der Waals surface area contributed by atoms with Crippen LogP contribution in [0.2, 0.25) is 0 Å². The topological polar surface area (TPSA) is 78.0 Å². The van der Waals surface area contributed by atoms with Crippen molar-refractivity contribution in [3.8, 4) is 0 Å². The molecule has 0 unspecified atom stereocenters. The zero-order chi connectivity index (χ0) is 18.9. The number of nitrogens with one attached hydrogen (secondary N) is 3. The Morgan fingerprint density at radius 1 is 1.18 bits per heavy atom. The minimum atomic E-state index is 0. The zero-order valence-corrected chi connectivity index (χ0v) is 18.9. The summed E-state index contributed by atoms with van der Waals surface area (Å²) in [6.45, 7) is 8.07. The molecule has 0 aromatic heterocycles. The lowest BCUT2D eigenvalue weighted by molar-refractivity contribution is -0.120. The molecule has 1 saturated heterocycles. The maximum Gasteiger partial charge on any atom is 0.239 e. The first-order valence-electron chi connectivity index (χ1n) is 9.93. The van der Waals surface area contributed by atoms with Crippen molar-refractivity contribution in [3.05, 3.63) is 35.4 Å². The summed E-state index contributed by atoms with van der Waals surface area (Å²) in [4.78, 5) is 19.0. The van der Waals surface area contributed by atoms with Gasteiger partial charge in [-0.2, -0.15) is 0 Å². The van der Waals surface area contributed by atoms with E-state index >= 15 is 0 Å². The Labute approximate surface area is 184 Å². The summed E-state index contributed by atoms with van der Waals surface area (Å²) in [5, 5.41) is 9.31. The van der Waals surface area contributed by atoms with Crippen LogP contribution in [0.5, 0.6) is 0 Å². The first-order chi connectivity index (χ1) is 13.2. The number of rotatable bonds is 8. The number of guanidine groups is 1. The summed E-state index contributed by atoms with van der Waals surface area (Å²) in [5.41, 5.74) is 2.51. The van der Waals surface area contributed by atoms with Gasteiger partial charge in [-0.05, 0) is 30.9 Å². The molecule has 0 bridgehead atoms. The summed E-state index contributed by atoms with van der Waals surface area (Å²) in [5.74, 6) is 0.695. The molecule has 1 amide bonds. The highest BCUT2D eigenvalue weighted by atomic mass is 127. The van der Waals surface area contributed by atoms with Crippen LogP contribution in [0, 0.1) is 0 Å². The molecule has 2 fully saturated rings. The van der Waals surface area contributed by atoms with Gasteiger partial charge < -0.3 is 20.7 Å². The van der Waals surface area contributed by atoms with E-state index in [1.54, 1.807) is 0 Å². The van der Waals surface area contributed by atoms with E-state index in [0.29, 0.717) is 18.5 Å². The van der Waals surface area contributed by atoms with Crippen LogP contribution in [0.4, 0.5) is 0 Å². The quantitative estimate of drug-likeness (QED) is 0.286. The summed E-state index contributed by atoms with van der Waals surface area (Å²) in [6.07, 6.45) is 2.19. The number of morpholine rings is 1. The average molecular weight is 501 g/mol. The maximum absolute atomic E-state index is 11.9. The number of carbonyl (C=O) groups is 1. The van der Waals surface area contributed by atoms with E-state index in [2.05, 4.69) is 50.1 Å². The molecule has 0 radical (unpaired) electrons. The van der Waals surface area contributed by atoms with E-state index in [4.69, 9.17) is 4.74 Å². The van der Waals surface area contributed by atoms with Crippen molar-refractivity contribution in [3.63, 3.8) is 0 Å². The molecule has 0 spiro atoms. The Hall–Kier alpha value is -1.39. The molecular weight excluding hydrogens is 469 g/mol. The third kappa shape index (κ3) is 7.92. The molecule has 7 nitrogen and oxygen atoms in total. The standard InChI is InChI=1S/C20H31N5O2.HI/c1-2-21-20(23-14-19(26)24-18-7-8-18)22-13-16-5-3-4-6-17(16)15-25-9-11-27-12-10-25;/h3-6,18H,2,7-15H2,1H3,(H,24,26)(H2,21,22,23);1H. The molecule has 28 heavy (non-hydrogen) atoms. The van der Waals surface area contributed by atoms with Gasteiger partial charge in [0.1, 0.15) is 0 Å². The monoisotopic (exact) mass is 501 g/mol. The lowest BCUT2D eigenvalue weighted by Gasteiger charge is -2.27. The van der Waals surface area contributed by atoms with Crippen LogP contribution in [0.25, 0.3) is 0 Å². The van der Waals surface area contributed by atoms with Crippen molar-refractivity contribution >= 4 is 35.8 Å². The Balaban J connectivity index is 0.00000280. The van der Waals surface area contributed by atoms with Crippen molar-refractivity contribution in [2.45, 2.75) is 38.9 Å². The molecule has 3 rings (SSSR count). The fourth-order valence-corrected chi connectivity index (χ4v) is 3.04. The Kier molecular flexibility index (Phi) is 10.0. The largest absolute Gasteiger partial charge is 0.379 e. The summed E-state index contributed by atoms with van der Waals surface area (Å²) in [7, 11) is 0. The van der Waals surface area contributed by atoms with Gasteiger partial charge in [0, 0.05) is 32.2 Å². The van der Waals surface area contributed by atoms with E-state index in [9.17, 15) is 4.79 Å². The molecule has 0 atom stereocenters. The summed E-state index contributed by atoms with van der Waals surface area (Å²) in [6, 6.07) is 8.81. The second kappa shape index (κ2) is 12.2. The number of hydrogen-bond acceptors (Lipinski definition) is 4. The van der Waals surface area contributed by atoms with Crippen LogP contribution in [-0.2, 0) is 22.6 Å². The first-order valence-corrected chi connectivity index (χ1v) is 9.93. The third-order valence-corrected chi connectivity index (χ3v) is 4.73. The number of benzene rings is 1. The fraction of sp³-hybridized carbons (Fsp3) is 0.600. The SMILES string of the molecule is CCNC(=NCc1ccccc1CN1CCOCC1)NCC(=O)NC1CC1.I. The number of nitrogens with zero attached hydrogens (tertiary/aromatic N) is 2. The fourth-order valence-electron chi connectivity index (χ4n) is 3.04. The van der Waals surface area contributed by atoms with Crippen LogP contribution < -0.4 is 16.0 Å². The Morgan fingerprint density at radius 2 is 1.89 bits per heavy atom. The zero-order valence-electron chi connectivity index (χ0n) is 16.6. The molecule has 3 N–H and O–H groups in total. The first kappa shape index (κ1) is 22.9. The van der Waals surface area contributed by atoms with Crippen molar-refractivity contribution in [2.24, 2.45) is 4.99 Å². The molecule has 8 heteroatoms. The number of ether oxygens (including phenoxy) is 1. The Bertz CT molecular complexity index is 645. The number of carbonyl (C=O) groups excluding carboxylic acids is 1. The summed E-state index contributed by atoms with van der Waals surface area (Å²) < 4.78 is 5.43. The van der Waals surface area contributed by atoms with E-state index in [-0.39, 0.29) is 36.4 Å². The highest BCUT2D eigenvalue weighted by molar-refractivity contribution is 14.0. The normalized spacial score (nSPS) is 17.5. The van der Waals surface area contributed by atoms with Crippen molar-refractivity contribution in [1.29, 1.82) is 0 Å². The number of hydrogen-bond donors (Lipinski definition) is 3. The number of halogens is 1. The van der Waals surface area contributed by atoms with Gasteiger partial charge in [0.15, 0.2) is 5.96 Å². The molecule has 1 saturated carbocycles. The van der Waals surface area contributed by atoms with Crippen LogP contribution in [0.3, 0.4) is 0 Å². The van der Waals surface area contributed by atoms with Gasteiger partial charge in [-0.1, -0.05) is 24.3 Å². The Morgan fingerprint density at radius 3 is 2.57 bits per heavy atom. The highest BCUT2D eigenvalue weighted by Gasteiger charge is 2.23. The lowest BCUT2D eigenvalue weighted by atomic mass is 10.1. The highest BCUT2D eigenvalue weighted by Crippen LogP contribution is 2.18. The van der Waals surface area contributed by atoms with Gasteiger partial charge >= 0.3 is 0 Å². The molecule has 1 aliphatic carbocycles. The predicted octanol–water partition coefficient (Wildman–Crippen LogP) is 1.47. The predicted molar refractivity (Wildman–Crippen MR) is 122 cm³/mol. The van der Waals surface area contributed by atoms with Crippen LogP contribution in [-0.4, -0.2) is 62.2 Å². The number of amides is 1. The lowest BCUT2D eigenvalue weighted by Crippen LogP contribution is -2.43. The van der Waals surface area contributed by atoms with Gasteiger partial charge in [0.25, 0.3) is 0 Å². The molecule has 1 aliphatic heterocycles. The van der Waals surface area contributed by atoms with E-state index in [1.807, 2.05) is 6.92 Å². The molecular formula is C20H32IN5O2. The molecule has 156 valence electrons. The van der Waals surface area contributed by atoms with E-state index in [1.165, 1.54) is 11.1 Å². The second-order valence-corrected chi connectivity index (χ2v) is 7.05. The van der Waals surface area contributed by atoms with Gasteiger partial charge in [-0.25, -0.2) is 4.99 Å². The smallest absolute Gasteiger partial charge is 0.239 e. The van der Waals surface area contributed by atoms with Crippen LogP contribution >= 0.6 is 24.0 Å². The van der Waals surface area contributed by atoms with Gasteiger partial charge in [0.05, 0.1) is 26.3 Å². The van der Waals surface area contributed by atoms with Crippen LogP contribution in [0.15, 0.2) is 29.3 Å². The van der Waals surface area contributed by atoms with Crippen molar-refractivity contribution < 1.29 is 9.53 Å². The summed E-state index contributed by atoms with van der Waals surface area (Å²) >= 11 is 0. The minimum absolute atomic E-state index is 0. The number of aliphatic imine (C=N–C) groups is 1. The van der Waals surface area contributed by atoms with Crippen molar-refractivity contribution in [2.75, 3.05) is 39.4 Å². The molecule has 1 aromatic carbocycles. The van der Waals surface area contributed by atoms with Gasteiger partial charge in [0.2, 0.25) is 5.91 Å². The average Bonchev–Trinajstić information content (AvgIpc) is 3.50.